The second-order valence-corrected chi connectivity index (χ2v) is 8.99. The van der Waals surface area contributed by atoms with Crippen molar-refractivity contribution in [3.63, 3.8) is 0 Å². The lowest BCUT2D eigenvalue weighted by Crippen LogP contribution is -2.44. The maximum atomic E-state index is 12.7. The van der Waals surface area contributed by atoms with Gasteiger partial charge < -0.3 is 5.32 Å². The second kappa shape index (κ2) is 9.72. The Morgan fingerprint density at radius 3 is 2.65 bits per heavy atom. The highest BCUT2D eigenvalue weighted by Crippen LogP contribution is 2.19. The number of nitrogens with zero attached hydrogens (tertiary/aromatic N) is 7. The minimum atomic E-state index is 0.108. The van der Waals surface area contributed by atoms with Crippen molar-refractivity contribution in [3.8, 4) is 5.82 Å². The number of fused-ring (bicyclic) bond motifs is 1. The van der Waals surface area contributed by atoms with Gasteiger partial charge in [0.2, 0.25) is 5.91 Å². The molecule has 34 heavy (non-hydrogen) atoms. The Morgan fingerprint density at radius 1 is 1.06 bits per heavy atom. The summed E-state index contributed by atoms with van der Waals surface area (Å²) < 4.78 is 3.45. The van der Waals surface area contributed by atoms with Gasteiger partial charge in [0.15, 0.2) is 11.5 Å². The zero-order valence-electron chi connectivity index (χ0n) is 19.7. The van der Waals surface area contributed by atoms with E-state index in [-0.39, 0.29) is 11.9 Å². The summed E-state index contributed by atoms with van der Waals surface area (Å²) in [6, 6.07) is 14.6. The summed E-state index contributed by atoms with van der Waals surface area (Å²) in [5.41, 5.74) is 5.05. The number of carbonyl (C=O) groups is 1. The maximum Gasteiger partial charge on any atom is 0.220 e. The van der Waals surface area contributed by atoms with Crippen molar-refractivity contribution in [2.45, 2.75) is 52.1 Å². The molecule has 1 fully saturated rings. The van der Waals surface area contributed by atoms with Gasteiger partial charge >= 0.3 is 0 Å². The minimum absolute atomic E-state index is 0.108. The average molecular weight is 459 g/mol. The molecule has 1 saturated heterocycles. The summed E-state index contributed by atoms with van der Waals surface area (Å²) in [5, 5.41) is 20.3. The lowest BCUT2D eigenvalue weighted by molar-refractivity contribution is -0.122. The molecule has 9 nitrogen and oxygen atoms in total. The van der Waals surface area contributed by atoms with Crippen LogP contribution in [0.2, 0.25) is 0 Å². The Balaban J connectivity index is 1.14. The summed E-state index contributed by atoms with van der Waals surface area (Å²) in [5.74, 6) is 0.808. The fourth-order valence-electron chi connectivity index (χ4n) is 4.71. The van der Waals surface area contributed by atoms with E-state index >= 15 is 0 Å². The van der Waals surface area contributed by atoms with Gasteiger partial charge in [-0.15, -0.1) is 15.3 Å². The molecule has 0 radical (unpaired) electrons. The molecule has 0 saturated carbocycles. The van der Waals surface area contributed by atoms with Crippen molar-refractivity contribution < 1.29 is 4.79 Å². The molecule has 176 valence electrons. The first-order chi connectivity index (χ1) is 16.6. The number of likely N-dealkylation sites (tertiary alicyclic amines) is 1. The van der Waals surface area contributed by atoms with E-state index in [2.05, 4.69) is 54.9 Å². The number of aryl methyl sites for hydroxylation is 1. The van der Waals surface area contributed by atoms with Gasteiger partial charge in [-0.1, -0.05) is 30.3 Å². The average Bonchev–Trinajstić information content (AvgIpc) is 3.43. The Labute approximate surface area is 198 Å². The Bertz CT molecular complexity index is 1270. The first-order valence-corrected chi connectivity index (χ1v) is 11.8. The van der Waals surface area contributed by atoms with Crippen molar-refractivity contribution >= 4 is 11.6 Å². The maximum absolute atomic E-state index is 12.7. The molecule has 5 rings (SSSR count). The highest BCUT2D eigenvalue weighted by molar-refractivity contribution is 5.76. The topological polar surface area (TPSA) is 93.2 Å². The van der Waals surface area contributed by atoms with Gasteiger partial charge in [-0.05, 0) is 56.4 Å². The highest BCUT2D eigenvalue weighted by Gasteiger charge is 2.21. The standard InChI is InChI=1S/C25H30N8O/c1-18-22(19(2)33(29-18)24-10-9-23-28-26-17-32(23)30-24)8-11-25(34)27-21-12-14-31(15-13-21)16-20-6-4-3-5-7-20/h3-7,9-10,17,21H,8,11-16H2,1-2H3,(H,27,34). The van der Waals surface area contributed by atoms with Crippen molar-refractivity contribution in [1.82, 2.24) is 39.8 Å². The summed E-state index contributed by atoms with van der Waals surface area (Å²) in [7, 11) is 0. The SMILES string of the molecule is Cc1nn(-c2ccc3nncn3n2)c(C)c1CCC(=O)NC1CCN(Cc2ccccc2)CC1. The van der Waals surface area contributed by atoms with Crippen LogP contribution in [-0.4, -0.2) is 59.5 Å². The molecule has 4 heterocycles. The van der Waals surface area contributed by atoms with Gasteiger partial charge in [0, 0.05) is 37.8 Å². The third-order valence-corrected chi connectivity index (χ3v) is 6.61. The van der Waals surface area contributed by atoms with Gasteiger partial charge in [0.05, 0.1) is 5.69 Å². The summed E-state index contributed by atoms with van der Waals surface area (Å²) in [6.07, 6.45) is 4.67. The smallest absolute Gasteiger partial charge is 0.220 e. The highest BCUT2D eigenvalue weighted by atomic mass is 16.1. The van der Waals surface area contributed by atoms with Crippen molar-refractivity contribution in [2.24, 2.45) is 0 Å². The molecule has 3 aromatic heterocycles. The summed E-state index contributed by atoms with van der Waals surface area (Å²) in [4.78, 5) is 15.2. The quantitative estimate of drug-likeness (QED) is 0.458. The number of rotatable bonds is 7. The molecule has 0 bridgehead atoms. The number of aromatic nitrogens is 6. The first kappa shape index (κ1) is 22.2. The van der Waals surface area contributed by atoms with Crippen LogP contribution in [-0.2, 0) is 17.8 Å². The van der Waals surface area contributed by atoms with E-state index in [4.69, 9.17) is 0 Å². The molecule has 4 aromatic rings. The lowest BCUT2D eigenvalue weighted by Gasteiger charge is -2.32. The van der Waals surface area contributed by atoms with E-state index in [1.807, 2.05) is 36.7 Å². The second-order valence-electron chi connectivity index (χ2n) is 8.99. The summed E-state index contributed by atoms with van der Waals surface area (Å²) in [6.45, 7) is 7.00. The lowest BCUT2D eigenvalue weighted by atomic mass is 10.0. The molecule has 1 aliphatic rings. The van der Waals surface area contributed by atoms with Gasteiger partial charge in [-0.25, -0.2) is 4.68 Å². The van der Waals surface area contributed by atoms with Crippen LogP contribution in [0.3, 0.4) is 0 Å². The van der Waals surface area contributed by atoms with Crippen LogP contribution in [0.25, 0.3) is 11.5 Å². The number of hydrogen-bond donors (Lipinski definition) is 1. The van der Waals surface area contributed by atoms with Crippen LogP contribution in [0.1, 0.15) is 41.8 Å². The van der Waals surface area contributed by atoms with Gasteiger partial charge in [-0.2, -0.15) is 9.61 Å². The Hall–Kier alpha value is -3.59. The predicted molar refractivity (Wildman–Crippen MR) is 129 cm³/mol. The van der Waals surface area contributed by atoms with Gasteiger partial charge in [-0.3, -0.25) is 9.69 Å². The normalized spacial score (nSPS) is 15.1. The predicted octanol–water partition coefficient (Wildman–Crippen LogP) is 2.64. The van der Waals surface area contributed by atoms with Gasteiger partial charge in [0.25, 0.3) is 0 Å². The van der Waals surface area contributed by atoms with E-state index in [0.717, 1.165) is 49.4 Å². The molecular weight excluding hydrogens is 428 g/mol. The van der Waals surface area contributed by atoms with E-state index in [0.29, 0.717) is 24.3 Å². The van der Waals surface area contributed by atoms with Crippen molar-refractivity contribution in [1.29, 1.82) is 0 Å². The Kier molecular flexibility index (Phi) is 6.35. The molecular formula is C25H30N8O. The largest absolute Gasteiger partial charge is 0.353 e. The number of nitrogens with one attached hydrogen (secondary N) is 1. The van der Waals surface area contributed by atoms with E-state index in [1.165, 1.54) is 5.56 Å². The first-order valence-electron chi connectivity index (χ1n) is 11.8. The third-order valence-electron chi connectivity index (χ3n) is 6.61. The molecule has 0 unspecified atom stereocenters. The van der Waals surface area contributed by atoms with Crippen LogP contribution in [0.15, 0.2) is 48.8 Å². The van der Waals surface area contributed by atoms with Crippen molar-refractivity contribution in [3.05, 3.63) is 71.3 Å². The van der Waals surface area contributed by atoms with Crippen LogP contribution >= 0.6 is 0 Å². The van der Waals surface area contributed by atoms with E-state index in [9.17, 15) is 4.79 Å². The van der Waals surface area contributed by atoms with Crippen LogP contribution < -0.4 is 5.32 Å². The number of hydrogen-bond acceptors (Lipinski definition) is 6. The number of carbonyl (C=O) groups excluding carboxylic acids is 1. The molecule has 0 aliphatic carbocycles. The zero-order valence-corrected chi connectivity index (χ0v) is 19.7. The van der Waals surface area contributed by atoms with Gasteiger partial charge in [0.1, 0.15) is 6.33 Å². The number of piperidine rings is 1. The minimum Gasteiger partial charge on any atom is -0.353 e. The molecule has 0 spiro atoms. The monoisotopic (exact) mass is 458 g/mol. The molecule has 1 aromatic carbocycles. The van der Waals surface area contributed by atoms with Crippen molar-refractivity contribution in [2.75, 3.05) is 13.1 Å². The fourth-order valence-corrected chi connectivity index (χ4v) is 4.71. The Morgan fingerprint density at radius 2 is 1.85 bits per heavy atom. The van der Waals surface area contributed by atoms with Crippen LogP contribution in [0.4, 0.5) is 0 Å². The molecule has 0 atom stereocenters. The number of amides is 1. The zero-order chi connectivity index (χ0) is 23.5. The van der Waals surface area contributed by atoms with E-state index < -0.39 is 0 Å². The van der Waals surface area contributed by atoms with Crippen LogP contribution in [0, 0.1) is 13.8 Å². The molecule has 1 aliphatic heterocycles. The van der Waals surface area contributed by atoms with E-state index in [1.54, 1.807) is 10.8 Å². The molecule has 9 heteroatoms. The van der Waals surface area contributed by atoms with Crippen LogP contribution in [0.5, 0.6) is 0 Å². The summed E-state index contributed by atoms with van der Waals surface area (Å²) >= 11 is 0. The molecule has 1 N–H and O–H groups in total. The number of benzene rings is 1. The molecule has 1 amide bonds. The fraction of sp³-hybridized carbons (Fsp3) is 0.400. The third kappa shape index (κ3) is 4.84.